The van der Waals surface area contributed by atoms with Crippen molar-refractivity contribution in [3.8, 4) is 0 Å². The summed E-state index contributed by atoms with van der Waals surface area (Å²) >= 11 is 0. The van der Waals surface area contributed by atoms with Gasteiger partial charge in [-0.25, -0.2) is 0 Å². The van der Waals surface area contributed by atoms with E-state index in [0.29, 0.717) is 44.3 Å². The average molecular weight is 936 g/mol. The van der Waals surface area contributed by atoms with Crippen molar-refractivity contribution >= 4 is 70.0 Å². The number of nitrogens with zero attached hydrogens (tertiary/aromatic N) is 3. The number of carboxylic acids is 1. The van der Waals surface area contributed by atoms with Crippen LogP contribution in [0.4, 0.5) is 0 Å². The third kappa shape index (κ3) is 17.4. The molecule has 368 valence electrons. The summed E-state index contributed by atoms with van der Waals surface area (Å²) in [7, 11) is 0. The van der Waals surface area contributed by atoms with Crippen LogP contribution in [0.1, 0.15) is 95.8 Å². The van der Waals surface area contributed by atoms with Crippen molar-refractivity contribution in [1.29, 1.82) is 0 Å². The highest BCUT2D eigenvalue weighted by molar-refractivity contribution is 5.99. The second-order valence-electron chi connectivity index (χ2n) is 17.0. The number of carbonyl (C=O) groups excluding carboxylic acids is 7. The van der Waals surface area contributed by atoms with Gasteiger partial charge < -0.3 is 65.3 Å². The lowest BCUT2D eigenvalue weighted by Gasteiger charge is -2.32. The number of piperidine rings is 1. The molecule has 67 heavy (non-hydrogen) atoms. The Labute approximate surface area is 390 Å². The summed E-state index contributed by atoms with van der Waals surface area (Å²) in [6.45, 7) is 7.74. The van der Waals surface area contributed by atoms with Gasteiger partial charge in [-0.15, -0.1) is 0 Å². The maximum Gasteiger partial charge on any atom is 0.305 e. The molecule has 1 aliphatic heterocycles. The second-order valence-corrected chi connectivity index (χ2v) is 17.0. The average Bonchev–Trinajstić information content (AvgIpc) is 3.29. The van der Waals surface area contributed by atoms with Crippen molar-refractivity contribution in [2.45, 2.75) is 116 Å². The summed E-state index contributed by atoms with van der Waals surface area (Å²) in [6, 6.07) is 6.55. The molecule has 0 aliphatic carbocycles. The first-order chi connectivity index (χ1) is 31.7. The van der Waals surface area contributed by atoms with Crippen molar-refractivity contribution < 1.29 is 43.5 Å². The van der Waals surface area contributed by atoms with Crippen LogP contribution in [0.15, 0.2) is 52.4 Å². The minimum Gasteiger partial charge on any atom is -0.481 e. The topological polar surface area (TPSA) is 375 Å². The van der Waals surface area contributed by atoms with E-state index in [4.69, 9.17) is 28.7 Å². The molecule has 0 spiro atoms. The van der Waals surface area contributed by atoms with E-state index >= 15 is 0 Å². The number of guanidine groups is 2. The Bertz CT molecular complexity index is 2120. The van der Waals surface area contributed by atoms with Crippen LogP contribution >= 0.6 is 0 Å². The van der Waals surface area contributed by atoms with Crippen LogP contribution in [0.3, 0.4) is 0 Å². The first-order valence-corrected chi connectivity index (χ1v) is 22.7. The minimum absolute atomic E-state index is 0.0571. The highest BCUT2D eigenvalue weighted by Crippen LogP contribution is 2.22. The molecule has 16 N–H and O–H groups in total. The molecule has 2 aromatic carbocycles. The molecule has 22 heteroatoms. The number of nitrogens with two attached hydrogens (primary N) is 5. The fourth-order valence-electron chi connectivity index (χ4n) is 7.54. The molecule has 22 nitrogen and oxygen atoms in total. The molecule has 2 aromatic rings. The number of hydrogen-bond acceptors (Lipinski definition) is 10. The SMILES string of the molecule is CC[C@H](C)[C@H](NC(=O)[C@H](CCCN=C(N)N)NC(=O)[C@H](CC(=O)O)NC(=O)[C@@H](NC(=O)[C@H](CCCN=C(N)N)NC(=O)C1CCN(C(=O)c2ccc3ccccc3c2)CC1)[C@@H](C)CC)C(N)=O. The quantitative estimate of drug-likeness (QED) is 0.0316. The summed E-state index contributed by atoms with van der Waals surface area (Å²) < 4.78 is 0. The Hall–Kier alpha value is -7.00. The zero-order valence-electron chi connectivity index (χ0n) is 38.8. The number of aliphatic carboxylic acids is 1. The Morgan fingerprint density at radius 3 is 1.67 bits per heavy atom. The van der Waals surface area contributed by atoms with Gasteiger partial charge in [-0.3, -0.25) is 48.3 Å². The Balaban J connectivity index is 1.78. The van der Waals surface area contributed by atoms with Crippen molar-refractivity contribution in [3.63, 3.8) is 0 Å². The number of hydrogen-bond donors (Lipinski definition) is 11. The van der Waals surface area contributed by atoms with Gasteiger partial charge in [0.1, 0.15) is 30.2 Å². The number of nitrogens with one attached hydrogen (secondary N) is 5. The molecule has 0 saturated carbocycles. The van der Waals surface area contributed by atoms with E-state index in [1.54, 1.807) is 38.7 Å². The summed E-state index contributed by atoms with van der Waals surface area (Å²) in [5.74, 6) is -8.15. The summed E-state index contributed by atoms with van der Waals surface area (Å²) in [5.41, 5.74) is 27.9. The number of rotatable bonds is 26. The van der Waals surface area contributed by atoms with E-state index in [-0.39, 0.29) is 62.5 Å². The summed E-state index contributed by atoms with van der Waals surface area (Å²) in [5, 5.41) is 24.8. The van der Waals surface area contributed by atoms with E-state index in [1.807, 2.05) is 36.4 Å². The van der Waals surface area contributed by atoms with Gasteiger partial charge in [-0.05, 0) is 73.3 Å². The van der Waals surface area contributed by atoms with Crippen molar-refractivity contribution in [3.05, 3.63) is 48.0 Å². The molecule has 7 amide bonds. The molecule has 0 radical (unpaired) electrons. The largest absolute Gasteiger partial charge is 0.481 e. The van der Waals surface area contributed by atoms with Gasteiger partial charge in [0.15, 0.2) is 11.9 Å². The lowest BCUT2D eigenvalue weighted by atomic mass is 9.94. The standard InChI is InChI=1S/C45H69N13O9/c1-5-25(3)35(37(46)61)56-39(63)32(14-10-20-52-45(49)50)54-41(65)33(24-34(59)60)55-42(66)36(26(4)6-2)57-40(64)31(13-9-19-51-44(47)48)53-38(62)28-17-21-58(22-18-28)43(67)30-16-15-27-11-7-8-12-29(27)23-30/h7-8,11-12,15-16,23,25-26,28,31-33,35-36H,5-6,9-10,13-14,17-22,24H2,1-4H3,(H2,46,61)(H,53,62)(H,54,65)(H,55,66)(H,56,63)(H,57,64)(H,59,60)(H4,47,48,51)(H4,49,50,52)/t25-,26-,31-,32-,33-,35-,36-/m0/s1. The predicted molar refractivity (Wildman–Crippen MR) is 252 cm³/mol. The smallest absolute Gasteiger partial charge is 0.305 e. The van der Waals surface area contributed by atoms with E-state index in [9.17, 15) is 43.5 Å². The number of carbonyl (C=O) groups is 8. The highest BCUT2D eigenvalue weighted by atomic mass is 16.4. The lowest BCUT2D eigenvalue weighted by Crippen LogP contribution is -2.60. The zero-order valence-corrected chi connectivity index (χ0v) is 38.8. The van der Waals surface area contributed by atoms with Crippen LogP contribution < -0.4 is 55.3 Å². The maximum atomic E-state index is 14.1. The van der Waals surface area contributed by atoms with E-state index in [2.05, 4.69) is 36.6 Å². The molecular formula is C45H69N13O9. The Kier molecular flexibility index (Phi) is 21.8. The second kappa shape index (κ2) is 26.8. The van der Waals surface area contributed by atoms with E-state index in [0.717, 1.165) is 10.8 Å². The molecule has 1 fully saturated rings. The first-order valence-electron chi connectivity index (χ1n) is 22.7. The normalized spacial score (nSPS) is 15.8. The highest BCUT2D eigenvalue weighted by Gasteiger charge is 2.36. The van der Waals surface area contributed by atoms with Crippen LogP contribution in [-0.4, -0.2) is 126 Å². The van der Waals surface area contributed by atoms with Gasteiger partial charge in [-0.2, -0.15) is 0 Å². The number of primary amides is 1. The maximum absolute atomic E-state index is 14.1. The molecule has 3 rings (SSSR count). The molecule has 1 saturated heterocycles. The fourth-order valence-corrected chi connectivity index (χ4v) is 7.54. The predicted octanol–water partition coefficient (Wildman–Crippen LogP) is -0.725. The van der Waals surface area contributed by atoms with Crippen molar-refractivity contribution in [2.24, 2.45) is 56.4 Å². The van der Waals surface area contributed by atoms with Gasteiger partial charge in [-0.1, -0.05) is 70.9 Å². The van der Waals surface area contributed by atoms with Gasteiger partial charge in [0.2, 0.25) is 35.4 Å². The number of carboxylic acid groups (broad SMARTS) is 1. The Morgan fingerprint density at radius 2 is 1.15 bits per heavy atom. The minimum atomic E-state index is -1.74. The summed E-state index contributed by atoms with van der Waals surface area (Å²) in [6.07, 6.45) is 1.03. The van der Waals surface area contributed by atoms with Crippen molar-refractivity contribution in [2.75, 3.05) is 26.2 Å². The third-order valence-corrected chi connectivity index (χ3v) is 11.9. The van der Waals surface area contributed by atoms with Gasteiger partial charge >= 0.3 is 5.97 Å². The number of likely N-dealkylation sites (tertiary alicyclic amines) is 1. The van der Waals surface area contributed by atoms with Gasteiger partial charge in [0.05, 0.1) is 6.42 Å². The number of aliphatic imine (C=N–C) groups is 2. The third-order valence-electron chi connectivity index (χ3n) is 11.9. The first kappa shape index (κ1) is 54.3. The molecule has 0 aromatic heterocycles. The van der Waals surface area contributed by atoms with Crippen molar-refractivity contribution in [1.82, 2.24) is 31.5 Å². The van der Waals surface area contributed by atoms with Crippen LogP contribution in [0, 0.1) is 17.8 Å². The molecule has 1 aliphatic rings. The zero-order chi connectivity index (χ0) is 49.8. The van der Waals surface area contributed by atoms with Gasteiger partial charge in [0, 0.05) is 37.7 Å². The van der Waals surface area contributed by atoms with E-state index in [1.165, 1.54) is 0 Å². The van der Waals surface area contributed by atoms with Crippen LogP contribution in [0.25, 0.3) is 10.8 Å². The number of benzene rings is 2. The summed E-state index contributed by atoms with van der Waals surface area (Å²) in [4.78, 5) is 116. The molecular weight excluding hydrogens is 867 g/mol. The van der Waals surface area contributed by atoms with Crippen LogP contribution in [0.2, 0.25) is 0 Å². The van der Waals surface area contributed by atoms with E-state index < -0.39 is 89.9 Å². The number of fused-ring (bicyclic) bond motifs is 1. The molecule has 1 heterocycles. The molecule has 0 bridgehead atoms. The monoisotopic (exact) mass is 936 g/mol. The Morgan fingerprint density at radius 1 is 0.657 bits per heavy atom. The number of amides is 7. The molecule has 0 unspecified atom stereocenters. The lowest BCUT2D eigenvalue weighted by molar-refractivity contribution is -0.142. The van der Waals surface area contributed by atoms with Crippen LogP contribution in [0.5, 0.6) is 0 Å². The van der Waals surface area contributed by atoms with Crippen LogP contribution in [-0.2, 0) is 33.6 Å². The van der Waals surface area contributed by atoms with Gasteiger partial charge in [0.25, 0.3) is 5.91 Å². The molecule has 7 atom stereocenters. The fraction of sp³-hybridized carbons (Fsp3) is 0.556.